The summed E-state index contributed by atoms with van der Waals surface area (Å²) in [6.07, 6.45) is 5.80. The molecule has 30 heavy (non-hydrogen) atoms. The van der Waals surface area contributed by atoms with Gasteiger partial charge in [0.25, 0.3) is 0 Å². The molecule has 3 aromatic rings. The molecule has 0 unspecified atom stereocenters. The predicted molar refractivity (Wildman–Crippen MR) is 125 cm³/mol. The van der Waals surface area contributed by atoms with E-state index < -0.39 is 0 Å². The third kappa shape index (κ3) is 7.47. The molecule has 3 aromatic carbocycles. The third-order valence-electron chi connectivity index (χ3n) is 5.07. The highest BCUT2D eigenvalue weighted by Crippen LogP contribution is 2.21. The van der Waals surface area contributed by atoms with Crippen molar-refractivity contribution in [1.29, 1.82) is 0 Å². The molecule has 0 fully saturated rings. The van der Waals surface area contributed by atoms with Gasteiger partial charge in [0.05, 0.1) is 13.2 Å². The van der Waals surface area contributed by atoms with Gasteiger partial charge >= 0.3 is 0 Å². The van der Waals surface area contributed by atoms with E-state index in [1.165, 1.54) is 24.8 Å². The van der Waals surface area contributed by atoms with E-state index >= 15 is 0 Å². The number of hydrogen-bond donors (Lipinski definition) is 1. The number of nitrogens with one attached hydrogen (secondary N) is 1. The Bertz CT molecular complexity index is 846. The van der Waals surface area contributed by atoms with Crippen molar-refractivity contribution in [2.24, 2.45) is 0 Å². The van der Waals surface area contributed by atoms with Crippen LogP contribution < -0.4 is 14.8 Å². The van der Waals surface area contributed by atoms with Gasteiger partial charge in [0.15, 0.2) is 0 Å². The average Bonchev–Trinajstić information content (AvgIpc) is 2.80. The number of benzene rings is 3. The molecule has 0 aliphatic heterocycles. The minimum absolute atomic E-state index is 0.672. The van der Waals surface area contributed by atoms with E-state index in [2.05, 4.69) is 60.8 Å². The first-order valence-electron chi connectivity index (χ1n) is 11.1. The van der Waals surface area contributed by atoms with Crippen LogP contribution in [0.15, 0.2) is 78.9 Å². The largest absolute Gasteiger partial charge is 0.494 e. The molecule has 3 heteroatoms. The van der Waals surface area contributed by atoms with Crippen molar-refractivity contribution in [3.8, 4) is 11.5 Å². The normalized spacial score (nSPS) is 10.6. The van der Waals surface area contributed by atoms with Gasteiger partial charge in [0, 0.05) is 24.2 Å². The number of anilines is 1. The van der Waals surface area contributed by atoms with E-state index in [0.717, 1.165) is 48.7 Å². The first kappa shape index (κ1) is 21.8. The van der Waals surface area contributed by atoms with Crippen LogP contribution in [0, 0.1) is 0 Å². The van der Waals surface area contributed by atoms with Gasteiger partial charge in [-0.2, -0.15) is 0 Å². The molecule has 0 saturated heterocycles. The zero-order valence-electron chi connectivity index (χ0n) is 18.0. The second kappa shape index (κ2) is 12.6. The maximum Gasteiger partial charge on any atom is 0.124 e. The summed E-state index contributed by atoms with van der Waals surface area (Å²) in [6, 6.07) is 26.9. The first-order chi connectivity index (χ1) is 14.8. The van der Waals surface area contributed by atoms with E-state index in [-0.39, 0.29) is 0 Å². The lowest BCUT2D eigenvalue weighted by molar-refractivity contribution is 0.305. The molecule has 0 aliphatic carbocycles. The van der Waals surface area contributed by atoms with Crippen LogP contribution in [-0.2, 0) is 13.0 Å². The van der Waals surface area contributed by atoms with E-state index in [0.29, 0.717) is 6.61 Å². The molecule has 0 bridgehead atoms. The van der Waals surface area contributed by atoms with Crippen molar-refractivity contribution in [3.63, 3.8) is 0 Å². The highest BCUT2D eigenvalue weighted by Gasteiger charge is 2.04. The molecule has 0 heterocycles. The molecule has 0 saturated carbocycles. The molecule has 0 aliphatic rings. The summed E-state index contributed by atoms with van der Waals surface area (Å²) in [5.74, 6) is 1.87. The van der Waals surface area contributed by atoms with Gasteiger partial charge in [-0.15, -0.1) is 0 Å². The van der Waals surface area contributed by atoms with Crippen LogP contribution in [0.3, 0.4) is 0 Å². The van der Waals surface area contributed by atoms with Gasteiger partial charge in [0.2, 0.25) is 0 Å². The summed E-state index contributed by atoms with van der Waals surface area (Å²) in [5.41, 5.74) is 3.52. The summed E-state index contributed by atoms with van der Waals surface area (Å²) in [7, 11) is 0. The number of ether oxygens (including phenoxy) is 2. The second-order valence-corrected chi connectivity index (χ2v) is 7.48. The van der Waals surface area contributed by atoms with Crippen molar-refractivity contribution in [2.75, 3.05) is 18.5 Å². The minimum Gasteiger partial charge on any atom is -0.494 e. The Morgan fingerprint density at radius 3 is 2.27 bits per heavy atom. The molecule has 158 valence electrons. The highest BCUT2D eigenvalue weighted by molar-refractivity contribution is 5.48. The summed E-state index contributed by atoms with van der Waals surface area (Å²) >= 11 is 0. The molecule has 0 atom stereocenters. The van der Waals surface area contributed by atoms with E-state index in [1.807, 2.05) is 30.3 Å². The monoisotopic (exact) mass is 403 g/mol. The Morgan fingerprint density at radius 1 is 0.700 bits per heavy atom. The van der Waals surface area contributed by atoms with Crippen LogP contribution in [0.5, 0.6) is 11.5 Å². The van der Waals surface area contributed by atoms with Crippen molar-refractivity contribution in [2.45, 2.75) is 45.6 Å². The topological polar surface area (TPSA) is 30.5 Å². The summed E-state index contributed by atoms with van der Waals surface area (Å²) < 4.78 is 11.9. The van der Waals surface area contributed by atoms with Gasteiger partial charge in [-0.3, -0.25) is 0 Å². The van der Waals surface area contributed by atoms with E-state index in [9.17, 15) is 0 Å². The molecule has 0 radical (unpaired) electrons. The Morgan fingerprint density at radius 2 is 1.47 bits per heavy atom. The molecule has 0 spiro atoms. The zero-order valence-corrected chi connectivity index (χ0v) is 18.0. The summed E-state index contributed by atoms with van der Waals surface area (Å²) in [5, 5.41) is 3.49. The van der Waals surface area contributed by atoms with Crippen LogP contribution in [-0.4, -0.2) is 13.2 Å². The lowest BCUT2D eigenvalue weighted by atomic mass is 10.1. The third-order valence-corrected chi connectivity index (χ3v) is 5.07. The fourth-order valence-electron chi connectivity index (χ4n) is 3.30. The van der Waals surface area contributed by atoms with Crippen molar-refractivity contribution >= 4 is 5.69 Å². The van der Waals surface area contributed by atoms with Gasteiger partial charge in [-0.1, -0.05) is 74.7 Å². The average molecular weight is 404 g/mol. The van der Waals surface area contributed by atoms with Crippen LogP contribution in [0.2, 0.25) is 0 Å². The molecule has 0 amide bonds. The van der Waals surface area contributed by atoms with Gasteiger partial charge in [-0.25, -0.2) is 0 Å². The zero-order chi connectivity index (χ0) is 20.9. The van der Waals surface area contributed by atoms with Gasteiger partial charge < -0.3 is 14.8 Å². The highest BCUT2D eigenvalue weighted by atomic mass is 16.5. The molecular formula is C27H33NO2. The standard InChI is InChI=1S/C27H33NO2/c1-2-3-4-10-20-29-26-17-15-25(16-18-26)28-22-24-13-8-9-14-27(24)30-21-19-23-11-6-5-7-12-23/h5-9,11-18,28H,2-4,10,19-22H2,1H3. The van der Waals surface area contributed by atoms with Crippen LogP contribution in [0.4, 0.5) is 5.69 Å². The smallest absolute Gasteiger partial charge is 0.124 e. The molecule has 3 nitrogen and oxygen atoms in total. The van der Waals surface area contributed by atoms with Crippen molar-refractivity contribution < 1.29 is 9.47 Å². The van der Waals surface area contributed by atoms with Crippen molar-refractivity contribution in [3.05, 3.63) is 90.0 Å². The molecule has 3 rings (SSSR count). The fourth-order valence-corrected chi connectivity index (χ4v) is 3.30. The van der Waals surface area contributed by atoms with Crippen LogP contribution >= 0.6 is 0 Å². The number of para-hydroxylation sites is 1. The minimum atomic E-state index is 0.672. The summed E-state index contributed by atoms with van der Waals surface area (Å²) in [4.78, 5) is 0. The Hall–Kier alpha value is -2.94. The van der Waals surface area contributed by atoms with Crippen LogP contribution in [0.25, 0.3) is 0 Å². The molecular weight excluding hydrogens is 370 g/mol. The maximum atomic E-state index is 6.06. The number of hydrogen-bond acceptors (Lipinski definition) is 3. The lowest BCUT2D eigenvalue weighted by Gasteiger charge is -2.13. The quantitative estimate of drug-likeness (QED) is 0.316. The fraction of sp³-hybridized carbons (Fsp3) is 0.333. The van der Waals surface area contributed by atoms with E-state index in [4.69, 9.17) is 9.47 Å². The maximum absolute atomic E-state index is 6.06. The molecule has 1 N–H and O–H groups in total. The predicted octanol–water partition coefficient (Wildman–Crippen LogP) is 6.88. The number of rotatable bonds is 13. The van der Waals surface area contributed by atoms with Gasteiger partial charge in [0.1, 0.15) is 11.5 Å². The van der Waals surface area contributed by atoms with E-state index in [1.54, 1.807) is 0 Å². The van der Waals surface area contributed by atoms with Crippen LogP contribution in [0.1, 0.15) is 43.7 Å². The van der Waals surface area contributed by atoms with Gasteiger partial charge in [-0.05, 0) is 42.3 Å². The van der Waals surface area contributed by atoms with Crippen molar-refractivity contribution in [1.82, 2.24) is 0 Å². The summed E-state index contributed by atoms with van der Waals surface area (Å²) in [6.45, 7) is 4.41. The second-order valence-electron chi connectivity index (χ2n) is 7.48. The SMILES string of the molecule is CCCCCCOc1ccc(NCc2ccccc2OCCc2ccccc2)cc1. The number of unbranched alkanes of at least 4 members (excludes halogenated alkanes) is 3. The lowest BCUT2D eigenvalue weighted by Crippen LogP contribution is -2.06. The molecule has 0 aromatic heterocycles. The Labute approximate surface area is 181 Å². The first-order valence-corrected chi connectivity index (χ1v) is 11.1. The Balaban J connectivity index is 1.45. The Kier molecular flexibility index (Phi) is 9.13.